The number of benzene rings is 2. The van der Waals surface area contributed by atoms with Gasteiger partial charge in [-0.1, -0.05) is 18.2 Å². The monoisotopic (exact) mass is 340 g/mol. The zero-order valence-corrected chi connectivity index (χ0v) is 13.6. The van der Waals surface area contributed by atoms with Crippen molar-refractivity contribution < 1.29 is 15.3 Å². The molecule has 0 saturated heterocycles. The molecule has 1 atom stereocenters. The Kier molecular flexibility index (Phi) is 5.02. The van der Waals surface area contributed by atoms with Crippen LogP contribution in [0.3, 0.4) is 0 Å². The summed E-state index contributed by atoms with van der Waals surface area (Å²) in [5.41, 5.74) is 1.95. The van der Waals surface area contributed by atoms with E-state index in [4.69, 9.17) is 0 Å². The Morgan fingerprint density at radius 3 is 2.48 bits per heavy atom. The van der Waals surface area contributed by atoms with E-state index in [9.17, 15) is 20.1 Å². The molecule has 0 aliphatic rings. The van der Waals surface area contributed by atoms with Crippen molar-refractivity contribution in [3.8, 4) is 11.5 Å². The Bertz CT molecular complexity index is 919. The van der Waals surface area contributed by atoms with Crippen molar-refractivity contribution in [2.45, 2.75) is 12.5 Å². The number of hydrogen-bond acceptors (Lipinski definition) is 5. The summed E-state index contributed by atoms with van der Waals surface area (Å²) in [6.45, 7) is 0.510. The first kappa shape index (κ1) is 17.0. The van der Waals surface area contributed by atoms with Gasteiger partial charge in [-0.15, -0.1) is 0 Å². The average molecular weight is 340 g/mol. The molecule has 3 rings (SSSR count). The summed E-state index contributed by atoms with van der Waals surface area (Å²) < 4.78 is 0. The van der Waals surface area contributed by atoms with Crippen molar-refractivity contribution in [2.24, 2.45) is 0 Å². The number of aliphatic hydroxyl groups excluding tert-OH is 1. The number of fused-ring (bicyclic) bond motifs is 1. The van der Waals surface area contributed by atoms with E-state index in [2.05, 4.69) is 10.3 Å². The molecule has 0 amide bonds. The highest BCUT2D eigenvalue weighted by Gasteiger charge is 2.15. The van der Waals surface area contributed by atoms with E-state index in [-0.39, 0.29) is 29.7 Å². The van der Waals surface area contributed by atoms with Crippen molar-refractivity contribution in [3.63, 3.8) is 0 Å². The third kappa shape index (κ3) is 3.81. The minimum Gasteiger partial charge on any atom is -0.508 e. The van der Waals surface area contributed by atoms with E-state index < -0.39 is 0 Å². The Labute approximate surface area is 144 Å². The van der Waals surface area contributed by atoms with Crippen LogP contribution in [0.1, 0.15) is 17.2 Å². The minimum atomic E-state index is -0.328. The lowest BCUT2D eigenvalue weighted by molar-refractivity contribution is 0.246. The van der Waals surface area contributed by atoms with Crippen LogP contribution in [-0.2, 0) is 6.42 Å². The van der Waals surface area contributed by atoms with Gasteiger partial charge in [-0.2, -0.15) is 0 Å². The topological polar surface area (TPSA) is 106 Å². The molecule has 3 aromatic rings. The van der Waals surface area contributed by atoms with Crippen LogP contribution in [0.5, 0.6) is 11.5 Å². The van der Waals surface area contributed by atoms with Gasteiger partial charge >= 0.3 is 0 Å². The molecule has 5 N–H and O–H groups in total. The van der Waals surface area contributed by atoms with Crippen molar-refractivity contribution in [1.82, 2.24) is 10.3 Å². The molecule has 1 aromatic heterocycles. The smallest absolute Gasteiger partial charge is 0.248 e. The summed E-state index contributed by atoms with van der Waals surface area (Å²) in [5.74, 6) is 0.228. The van der Waals surface area contributed by atoms with Crippen LogP contribution in [0.15, 0.2) is 53.3 Å². The largest absolute Gasteiger partial charge is 0.508 e. The summed E-state index contributed by atoms with van der Waals surface area (Å²) in [6.07, 6.45) is 0.740. The Morgan fingerprint density at radius 1 is 1.00 bits per heavy atom. The Hall–Kier alpha value is -2.83. The number of nitrogens with one attached hydrogen (secondary N) is 2. The van der Waals surface area contributed by atoms with Gasteiger partial charge < -0.3 is 25.6 Å². The number of H-pyrrole nitrogens is 1. The van der Waals surface area contributed by atoms with Gasteiger partial charge in [-0.05, 0) is 48.4 Å². The molecule has 0 aliphatic carbocycles. The van der Waals surface area contributed by atoms with Crippen molar-refractivity contribution in [1.29, 1.82) is 0 Å². The van der Waals surface area contributed by atoms with E-state index in [1.807, 2.05) is 12.1 Å². The standard InChI is InChI=1S/C19H20N2O4/c22-11-16(20-10-9-12-1-3-13(23)4-2-12)14-5-7-17(24)19-15(14)6-8-18(25)21-19/h1-8,16,20,22-24H,9-11H2,(H,21,25)/t16-/m1/s1. The number of aliphatic hydroxyl groups is 1. The lowest BCUT2D eigenvalue weighted by Crippen LogP contribution is -2.26. The molecule has 0 saturated carbocycles. The fraction of sp³-hybridized carbons (Fsp3) is 0.211. The SMILES string of the molecule is O=c1ccc2c([C@@H](CO)NCCc3ccc(O)cc3)ccc(O)c2[nH]1. The van der Waals surface area contributed by atoms with Crippen LogP contribution in [0.25, 0.3) is 10.9 Å². The van der Waals surface area contributed by atoms with Gasteiger partial charge in [0, 0.05) is 11.5 Å². The molecule has 6 nitrogen and oxygen atoms in total. The molecule has 2 aromatic carbocycles. The molecule has 0 spiro atoms. The lowest BCUT2D eigenvalue weighted by Gasteiger charge is -2.19. The molecule has 25 heavy (non-hydrogen) atoms. The van der Waals surface area contributed by atoms with Crippen LogP contribution < -0.4 is 10.9 Å². The van der Waals surface area contributed by atoms with Crippen LogP contribution in [-0.4, -0.2) is 33.5 Å². The zero-order chi connectivity index (χ0) is 17.8. The van der Waals surface area contributed by atoms with Gasteiger partial charge in [0.05, 0.1) is 18.2 Å². The van der Waals surface area contributed by atoms with Crippen LogP contribution in [0.2, 0.25) is 0 Å². The predicted molar refractivity (Wildman–Crippen MR) is 95.9 cm³/mol. The van der Waals surface area contributed by atoms with Crippen molar-refractivity contribution in [3.05, 3.63) is 70.0 Å². The second-order valence-corrected chi connectivity index (χ2v) is 5.89. The van der Waals surface area contributed by atoms with Gasteiger partial charge in [0.15, 0.2) is 0 Å². The molecule has 1 heterocycles. The first-order chi connectivity index (χ1) is 12.1. The first-order valence-electron chi connectivity index (χ1n) is 8.05. The fourth-order valence-corrected chi connectivity index (χ4v) is 2.89. The number of phenols is 2. The molecule has 0 fully saturated rings. The molecule has 6 heteroatoms. The summed E-state index contributed by atoms with van der Waals surface area (Å²) in [4.78, 5) is 14.1. The number of aromatic hydroxyl groups is 2. The van der Waals surface area contributed by atoms with E-state index in [0.29, 0.717) is 17.4 Å². The molecular weight excluding hydrogens is 320 g/mol. The normalized spacial score (nSPS) is 12.4. The van der Waals surface area contributed by atoms with Gasteiger partial charge in [-0.3, -0.25) is 4.79 Å². The number of pyridine rings is 1. The number of aromatic amines is 1. The van der Waals surface area contributed by atoms with E-state index in [1.54, 1.807) is 24.3 Å². The summed E-state index contributed by atoms with van der Waals surface area (Å²) in [6, 6.07) is 13.0. The van der Waals surface area contributed by atoms with E-state index in [1.165, 1.54) is 12.1 Å². The second kappa shape index (κ2) is 7.38. The molecular formula is C19H20N2O4. The summed E-state index contributed by atoms with van der Waals surface area (Å²) in [7, 11) is 0. The highest BCUT2D eigenvalue weighted by Crippen LogP contribution is 2.28. The molecule has 130 valence electrons. The lowest BCUT2D eigenvalue weighted by atomic mass is 10.0. The molecule has 0 radical (unpaired) electrons. The minimum absolute atomic E-state index is 0.00256. The summed E-state index contributed by atoms with van der Waals surface area (Å²) >= 11 is 0. The molecule has 0 bridgehead atoms. The summed E-state index contributed by atoms with van der Waals surface area (Å²) in [5, 5.41) is 33.0. The predicted octanol–water partition coefficient (Wildman–Crippen LogP) is 1.80. The molecule has 0 unspecified atom stereocenters. The third-order valence-electron chi connectivity index (χ3n) is 4.21. The fourth-order valence-electron chi connectivity index (χ4n) is 2.89. The number of phenolic OH excluding ortho intramolecular Hbond substituents is 2. The van der Waals surface area contributed by atoms with Crippen molar-refractivity contribution >= 4 is 10.9 Å². The van der Waals surface area contributed by atoms with Gasteiger partial charge in [0.1, 0.15) is 11.5 Å². The van der Waals surface area contributed by atoms with Crippen LogP contribution in [0, 0.1) is 0 Å². The maximum absolute atomic E-state index is 11.5. The highest BCUT2D eigenvalue weighted by molar-refractivity contribution is 5.87. The number of hydrogen-bond donors (Lipinski definition) is 5. The number of aromatic nitrogens is 1. The van der Waals surface area contributed by atoms with Gasteiger partial charge in [-0.25, -0.2) is 0 Å². The average Bonchev–Trinajstić information content (AvgIpc) is 2.62. The highest BCUT2D eigenvalue weighted by atomic mass is 16.3. The van der Waals surface area contributed by atoms with E-state index in [0.717, 1.165) is 17.5 Å². The Morgan fingerprint density at radius 2 is 1.76 bits per heavy atom. The van der Waals surface area contributed by atoms with Gasteiger partial charge in [0.25, 0.3) is 0 Å². The molecule has 0 aliphatic heterocycles. The van der Waals surface area contributed by atoms with Gasteiger partial charge in [0.2, 0.25) is 5.56 Å². The maximum Gasteiger partial charge on any atom is 0.248 e. The van der Waals surface area contributed by atoms with Crippen LogP contribution >= 0.6 is 0 Å². The second-order valence-electron chi connectivity index (χ2n) is 5.89. The quantitative estimate of drug-likeness (QED) is 0.471. The van der Waals surface area contributed by atoms with Crippen molar-refractivity contribution in [2.75, 3.05) is 13.2 Å². The Balaban J connectivity index is 1.79. The maximum atomic E-state index is 11.5. The number of rotatable bonds is 6. The van der Waals surface area contributed by atoms with Crippen LogP contribution in [0.4, 0.5) is 0 Å². The third-order valence-corrected chi connectivity index (χ3v) is 4.21. The zero-order valence-electron chi connectivity index (χ0n) is 13.6. The van der Waals surface area contributed by atoms with E-state index >= 15 is 0 Å². The first-order valence-corrected chi connectivity index (χ1v) is 8.05.